The average molecular weight is 330 g/mol. The van der Waals surface area contributed by atoms with E-state index >= 15 is 0 Å². The number of halogens is 1. The van der Waals surface area contributed by atoms with Crippen molar-refractivity contribution in [2.45, 2.75) is 0 Å². The van der Waals surface area contributed by atoms with Crippen molar-refractivity contribution in [2.75, 3.05) is 43.6 Å². The van der Waals surface area contributed by atoms with Gasteiger partial charge in [0.15, 0.2) is 0 Å². The van der Waals surface area contributed by atoms with Crippen LogP contribution >= 0.6 is 0 Å². The summed E-state index contributed by atoms with van der Waals surface area (Å²) in [7, 11) is 1.54. The normalized spacial score (nSPS) is 14.3. The summed E-state index contributed by atoms with van der Waals surface area (Å²) < 4.78 is 24.1. The Hall–Kier alpha value is -2.60. The topological polar surface area (TPSA) is 50.8 Å². The molecule has 0 unspecified atom stereocenters. The molecular formula is C18H19FN2O3. The van der Waals surface area contributed by atoms with Crippen LogP contribution in [-0.4, -0.2) is 39.3 Å². The highest BCUT2D eigenvalue weighted by molar-refractivity contribution is 6.06. The van der Waals surface area contributed by atoms with Gasteiger partial charge < -0.3 is 19.7 Å². The average Bonchev–Trinajstić information content (AvgIpc) is 2.62. The molecule has 126 valence electrons. The molecule has 0 radical (unpaired) electrons. The first-order chi connectivity index (χ1) is 11.7. The summed E-state index contributed by atoms with van der Waals surface area (Å²) in [4.78, 5) is 14.6. The van der Waals surface area contributed by atoms with Gasteiger partial charge in [-0.25, -0.2) is 4.39 Å². The molecule has 1 heterocycles. The van der Waals surface area contributed by atoms with E-state index < -0.39 is 5.82 Å². The Balaban J connectivity index is 1.85. The van der Waals surface area contributed by atoms with E-state index in [0.29, 0.717) is 43.3 Å². The van der Waals surface area contributed by atoms with Crippen molar-refractivity contribution < 1.29 is 18.7 Å². The van der Waals surface area contributed by atoms with E-state index in [1.165, 1.54) is 12.1 Å². The molecule has 0 spiro atoms. The number of morpholine rings is 1. The third-order valence-corrected chi connectivity index (χ3v) is 3.89. The monoisotopic (exact) mass is 330 g/mol. The minimum atomic E-state index is -0.395. The number of hydrogen-bond donors (Lipinski definition) is 1. The minimum Gasteiger partial charge on any atom is -0.497 e. The lowest BCUT2D eigenvalue weighted by Crippen LogP contribution is -2.36. The van der Waals surface area contributed by atoms with Crippen molar-refractivity contribution in [3.05, 3.63) is 53.8 Å². The molecule has 1 aliphatic rings. The van der Waals surface area contributed by atoms with Crippen LogP contribution in [0.2, 0.25) is 0 Å². The second-order valence-corrected chi connectivity index (χ2v) is 5.45. The van der Waals surface area contributed by atoms with Crippen LogP contribution in [0.25, 0.3) is 0 Å². The molecule has 0 atom stereocenters. The zero-order valence-corrected chi connectivity index (χ0v) is 13.4. The third-order valence-electron chi connectivity index (χ3n) is 3.89. The van der Waals surface area contributed by atoms with Gasteiger partial charge in [-0.15, -0.1) is 0 Å². The van der Waals surface area contributed by atoms with Gasteiger partial charge in [-0.05, 0) is 36.4 Å². The SMILES string of the molecule is COc1cccc(C(=O)Nc2cc(F)ccc2N2CCOCC2)c1. The molecule has 1 N–H and O–H groups in total. The Morgan fingerprint density at radius 2 is 2.00 bits per heavy atom. The van der Waals surface area contributed by atoms with Gasteiger partial charge in [-0.2, -0.15) is 0 Å². The number of nitrogens with one attached hydrogen (secondary N) is 1. The van der Waals surface area contributed by atoms with Crippen molar-refractivity contribution in [3.63, 3.8) is 0 Å². The van der Waals surface area contributed by atoms with E-state index in [2.05, 4.69) is 10.2 Å². The fourth-order valence-electron chi connectivity index (χ4n) is 2.65. The number of carbonyl (C=O) groups excluding carboxylic acids is 1. The van der Waals surface area contributed by atoms with E-state index in [9.17, 15) is 9.18 Å². The molecule has 1 aliphatic heterocycles. The van der Waals surface area contributed by atoms with Crippen molar-refractivity contribution in [2.24, 2.45) is 0 Å². The molecule has 0 bridgehead atoms. The fraction of sp³-hybridized carbons (Fsp3) is 0.278. The van der Waals surface area contributed by atoms with Gasteiger partial charge in [0.05, 0.1) is 31.7 Å². The minimum absolute atomic E-state index is 0.311. The molecule has 6 heteroatoms. The van der Waals surface area contributed by atoms with E-state index in [1.807, 2.05) is 0 Å². The lowest BCUT2D eigenvalue weighted by Gasteiger charge is -2.30. The predicted octanol–water partition coefficient (Wildman–Crippen LogP) is 2.92. The second-order valence-electron chi connectivity index (χ2n) is 5.45. The van der Waals surface area contributed by atoms with Crippen LogP contribution in [0, 0.1) is 5.82 Å². The van der Waals surface area contributed by atoms with Crippen LogP contribution in [0.15, 0.2) is 42.5 Å². The Labute approximate surface area is 140 Å². The number of methoxy groups -OCH3 is 1. The van der Waals surface area contributed by atoms with Crippen LogP contribution in [0.3, 0.4) is 0 Å². The molecule has 2 aromatic rings. The van der Waals surface area contributed by atoms with Crippen molar-refractivity contribution in [1.29, 1.82) is 0 Å². The summed E-state index contributed by atoms with van der Waals surface area (Å²) in [6.45, 7) is 2.63. The Morgan fingerprint density at radius 3 is 2.75 bits per heavy atom. The molecule has 1 fully saturated rings. The molecule has 5 nitrogen and oxygen atoms in total. The Bertz CT molecular complexity index is 730. The zero-order chi connectivity index (χ0) is 16.9. The first-order valence-corrected chi connectivity index (χ1v) is 7.75. The second kappa shape index (κ2) is 7.31. The zero-order valence-electron chi connectivity index (χ0n) is 13.4. The molecule has 0 saturated carbocycles. The van der Waals surface area contributed by atoms with Crippen molar-refractivity contribution in [3.8, 4) is 5.75 Å². The van der Waals surface area contributed by atoms with E-state index in [1.54, 1.807) is 37.4 Å². The molecule has 24 heavy (non-hydrogen) atoms. The number of amides is 1. The van der Waals surface area contributed by atoms with Gasteiger partial charge in [0, 0.05) is 18.7 Å². The number of anilines is 2. The number of nitrogens with zero attached hydrogens (tertiary/aromatic N) is 1. The molecule has 2 aromatic carbocycles. The number of hydrogen-bond acceptors (Lipinski definition) is 4. The number of carbonyl (C=O) groups is 1. The van der Waals surface area contributed by atoms with Gasteiger partial charge in [0.2, 0.25) is 0 Å². The van der Waals surface area contributed by atoms with Gasteiger partial charge in [0.25, 0.3) is 5.91 Å². The Morgan fingerprint density at radius 1 is 1.21 bits per heavy atom. The van der Waals surface area contributed by atoms with E-state index in [0.717, 1.165) is 5.69 Å². The van der Waals surface area contributed by atoms with Gasteiger partial charge >= 0.3 is 0 Å². The summed E-state index contributed by atoms with van der Waals surface area (Å²) >= 11 is 0. The Kier molecular flexibility index (Phi) is 4.96. The van der Waals surface area contributed by atoms with E-state index in [-0.39, 0.29) is 5.91 Å². The largest absolute Gasteiger partial charge is 0.497 e. The highest BCUT2D eigenvalue weighted by Gasteiger charge is 2.17. The summed E-state index contributed by atoms with van der Waals surface area (Å²) in [5.41, 5.74) is 1.69. The van der Waals surface area contributed by atoms with Crippen LogP contribution in [-0.2, 0) is 4.74 Å². The molecule has 0 aliphatic carbocycles. The smallest absolute Gasteiger partial charge is 0.255 e. The molecule has 0 aromatic heterocycles. The lowest BCUT2D eigenvalue weighted by molar-refractivity contribution is 0.102. The van der Waals surface area contributed by atoms with E-state index in [4.69, 9.17) is 9.47 Å². The highest BCUT2D eigenvalue weighted by atomic mass is 19.1. The van der Waals surface area contributed by atoms with Crippen molar-refractivity contribution >= 4 is 17.3 Å². The van der Waals surface area contributed by atoms with Gasteiger partial charge in [-0.3, -0.25) is 4.79 Å². The number of rotatable bonds is 4. The first-order valence-electron chi connectivity index (χ1n) is 7.75. The number of ether oxygens (including phenoxy) is 2. The lowest BCUT2D eigenvalue weighted by atomic mass is 10.1. The maximum Gasteiger partial charge on any atom is 0.255 e. The van der Waals surface area contributed by atoms with Crippen LogP contribution < -0.4 is 15.0 Å². The summed E-state index contributed by atoms with van der Waals surface area (Å²) in [5, 5.41) is 2.80. The molecular weight excluding hydrogens is 311 g/mol. The standard InChI is InChI=1S/C18H19FN2O3/c1-23-15-4-2-3-13(11-15)18(22)20-16-12-14(19)5-6-17(16)21-7-9-24-10-8-21/h2-6,11-12H,7-10H2,1H3,(H,20,22). The number of benzene rings is 2. The summed E-state index contributed by atoms with van der Waals surface area (Å²) in [6, 6.07) is 11.2. The van der Waals surface area contributed by atoms with Crippen LogP contribution in [0.4, 0.5) is 15.8 Å². The van der Waals surface area contributed by atoms with Crippen molar-refractivity contribution in [1.82, 2.24) is 0 Å². The molecule has 1 amide bonds. The summed E-state index contributed by atoms with van der Waals surface area (Å²) in [5.74, 6) is -0.114. The quantitative estimate of drug-likeness (QED) is 0.936. The summed E-state index contributed by atoms with van der Waals surface area (Å²) in [6.07, 6.45) is 0. The fourth-order valence-corrected chi connectivity index (χ4v) is 2.65. The highest BCUT2D eigenvalue weighted by Crippen LogP contribution is 2.28. The first kappa shape index (κ1) is 16.3. The molecule has 3 rings (SSSR count). The maximum absolute atomic E-state index is 13.7. The maximum atomic E-state index is 13.7. The predicted molar refractivity (Wildman–Crippen MR) is 90.4 cm³/mol. The van der Waals surface area contributed by atoms with Crippen LogP contribution in [0.5, 0.6) is 5.75 Å². The molecule has 1 saturated heterocycles. The third kappa shape index (κ3) is 3.65. The van der Waals surface area contributed by atoms with Gasteiger partial charge in [0.1, 0.15) is 11.6 Å². The van der Waals surface area contributed by atoms with Crippen LogP contribution in [0.1, 0.15) is 10.4 Å². The van der Waals surface area contributed by atoms with Gasteiger partial charge in [-0.1, -0.05) is 6.07 Å².